The number of hydrogen-bond donors (Lipinski definition) is 1. The third-order valence-corrected chi connectivity index (χ3v) is 6.59. The summed E-state index contributed by atoms with van der Waals surface area (Å²) in [5.74, 6) is -0.880. The zero-order valence-electron chi connectivity index (χ0n) is 18.6. The number of fused-ring (bicyclic) bond motifs is 2. The first-order valence-electron chi connectivity index (χ1n) is 10.5. The number of carbonyl (C=O) groups is 2. The zero-order valence-corrected chi connectivity index (χ0v) is 19.3. The summed E-state index contributed by atoms with van der Waals surface area (Å²) in [5, 5.41) is 4.07. The van der Waals surface area contributed by atoms with Gasteiger partial charge in [-0.05, 0) is 30.7 Å². The van der Waals surface area contributed by atoms with Crippen LogP contribution in [0.1, 0.15) is 23.7 Å². The molecule has 1 aromatic heterocycles. The number of Topliss-reactive ketones (excluding diaryl/α,β-unsaturated/α-hetero) is 1. The first-order valence-corrected chi connectivity index (χ1v) is 10.9. The molecule has 1 aliphatic carbocycles. The monoisotopic (exact) mass is 481 g/mol. The molecular weight excluding hydrogens is 462 g/mol. The number of nitrogens with one attached hydrogen (secondary N) is 1. The molecule has 0 fully saturated rings. The van der Waals surface area contributed by atoms with Gasteiger partial charge in [-0.2, -0.15) is 0 Å². The summed E-state index contributed by atoms with van der Waals surface area (Å²) >= 11 is 6.42. The van der Waals surface area contributed by atoms with Crippen molar-refractivity contribution in [3.8, 4) is 17.2 Å². The van der Waals surface area contributed by atoms with Gasteiger partial charge in [0.15, 0.2) is 5.75 Å². The maximum absolute atomic E-state index is 13.6. The number of ether oxygens (including phenoxy) is 3. The van der Waals surface area contributed by atoms with Crippen molar-refractivity contribution in [2.24, 2.45) is 5.92 Å². The fourth-order valence-electron chi connectivity index (χ4n) is 4.55. The molecule has 2 unspecified atom stereocenters. The standard InChI is InChI=1S/C25H20ClNO7/c1-12-8-15(27-14-5-6-16-13(9-14)4-7-20(29)33-16)10-19(28)25(12)24(30)21-17(31-2)11-18(32-3)22(26)23(21)34-25/h4-7,9-12,27H,8H2,1-3H3. The van der Waals surface area contributed by atoms with Gasteiger partial charge in [0.2, 0.25) is 17.2 Å². The SMILES string of the molecule is COc1cc(OC)c2c(c1Cl)OC1(C(=O)C=C(Nc3ccc4oc(=O)ccc4c3)CC1C)C2=O. The van der Waals surface area contributed by atoms with Crippen molar-refractivity contribution >= 4 is 39.8 Å². The second kappa shape index (κ2) is 7.92. The van der Waals surface area contributed by atoms with Gasteiger partial charge in [0.1, 0.15) is 27.7 Å². The van der Waals surface area contributed by atoms with Crippen LogP contribution in [0, 0.1) is 5.92 Å². The first-order chi connectivity index (χ1) is 16.3. The molecule has 8 nitrogen and oxygen atoms in total. The number of hydrogen-bond acceptors (Lipinski definition) is 8. The highest BCUT2D eigenvalue weighted by Crippen LogP contribution is 2.53. The quantitative estimate of drug-likeness (QED) is 0.432. The van der Waals surface area contributed by atoms with Gasteiger partial charge in [-0.15, -0.1) is 0 Å². The molecule has 0 radical (unpaired) electrons. The van der Waals surface area contributed by atoms with Crippen molar-refractivity contribution in [1.82, 2.24) is 0 Å². The van der Waals surface area contributed by atoms with Crippen molar-refractivity contribution < 1.29 is 28.2 Å². The number of methoxy groups -OCH3 is 2. The highest BCUT2D eigenvalue weighted by Gasteiger charge is 2.60. The molecule has 2 aromatic carbocycles. The van der Waals surface area contributed by atoms with Gasteiger partial charge in [0.25, 0.3) is 0 Å². The molecule has 0 saturated heterocycles. The summed E-state index contributed by atoms with van der Waals surface area (Å²) in [6.07, 6.45) is 1.75. The Bertz CT molecular complexity index is 1460. The molecule has 1 N–H and O–H groups in total. The van der Waals surface area contributed by atoms with Gasteiger partial charge in [0.05, 0.1) is 14.2 Å². The lowest BCUT2D eigenvalue weighted by molar-refractivity contribution is -0.129. The molecule has 9 heteroatoms. The Balaban J connectivity index is 1.49. The van der Waals surface area contributed by atoms with Crippen molar-refractivity contribution in [3.63, 3.8) is 0 Å². The van der Waals surface area contributed by atoms with Gasteiger partial charge in [-0.1, -0.05) is 18.5 Å². The molecule has 1 spiro atoms. The van der Waals surface area contributed by atoms with E-state index in [-0.39, 0.29) is 27.8 Å². The minimum Gasteiger partial charge on any atom is -0.496 e. The Hall–Kier alpha value is -3.78. The average Bonchev–Trinajstić information content (AvgIpc) is 3.13. The highest BCUT2D eigenvalue weighted by atomic mass is 35.5. The summed E-state index contributed by atoms with van der Waals surface area (Å²) < 4.78 is 21.8. The molecule has 34 heavy (non-hydrogen) atoms. The molecule has 0 saturated carbocycles. The number of benzene rings is 2. The Labute approximate surface area is 199 Å². The van der Waals surface area contributed by atoms with E-state index in [1.54, 1.807) is 25.1 Å². The highest BCUT2D eigenvalue weighted by molar-refractivity contribution is 6.36. The second-order valence-corrected chi connectivity index (χ2v) is 8.62. The van der Waals surface area contributed by atoms with E-state index < -0.39 is 28.7 Å². The lowest BCUT2D eigenvalue weighted by atomic mass is 9.74. The largest absolute Gasteiger partial charge is 0.496 e. The summed E-state index contributed by atoms with van der Waals surface area (Å²) in [5.41, 5.74) is -0.228. The van der Waals surface area contributed by atoms with Crippen LogP contribution >= 0.6 is 11.6 Å². The van der Waals surface area contributed by atoms with Crippen LogP contribution in [0.2, 0.25) is 5.02 Å². The van der Waals surface area contributed by atoms with Crippen molar-refractivity contribution in [2.45, 2.75) is 18.9 Å². The van der Waals surface area contributed by atoms with Crippen LogP contribution in [0.25, 0.3) is 11.0 Å². The summed E-state index contributed by atoms with van der Waals surface area (Å²) in [7, 11) is 2.86. The van der Waals surface area contributed by atoms with E-state index in [1.807, 2.05) is 6.07 Å². The van der Waals surface area contributed by atoms with Gasteiger partial charge in [-0.25, -0.2) is 4.79 Å². The predicted octanol–water partition coefficient (Wildman–Crippen LogP) is 4.38. The predicted molar refractivity (Wildman–Crippen MR) is 125 cm³/mol. The summed E-state index contributed by atoms with van der Waals surface area (Å²) in [6.45, 7) is 1.78. The van der Waals surface area contributed by atoms with Crippen LogP contribution in [0.4, 0.5) is 5.69 Å². The average molecular weight is 482 g/mol. The summed E-state index contributed by atoms with van der Waals surface area (Å²) in [4.78, 5) is 38.3. The number of rotatable bonds is 4. The topological polar surface area (TPSA) is 104 Å². The minimum absolute atomic E-state index is 0.0869. The molecule has 2 aliphatic rings. The van der Waals surface area contributed by atoms with E-state index in [2.05, 4.69) is 5.32 Å². The molecule has 5 rings (SSSR count). The number of halogens is 1. The fourth-order valence-corrected chi connectivity index (χ4v) is 4.82. The smallest absolute Gasteiger partial charge is 0.336 e. The minimum atomic E-state index is -1.73. The summed E-state index contributed by atoms with van der Waals surface area (Å²) in [6, 6.07) is 9.74. The van der Waals surface area contributed by atoms with Crippen LogP contribution < -0.4 is 25.2 Å². The molecule has 0 amide bonds. The lowest BCUT2D eigenvalue weighted by Crippen LogP contribution is -2.55. The third-order valence-electron chi connectivity index (χ3n) is 6.23. The Morgan fingerprint density at radius 1 is 1.06 bits per heavy atom. The number of ketones is 2. The second-order valence-electron chi connectivity index (χ2n) is 8.24. The van der Waals surface area contributed by atoms with Crippen LogP contribution in [-0.2, 0) is 4.79 Å². The Kier molecular flexibility index (Phi) is 5.13. The molecular formula is C25H20ClNO7. The number of allylic oxidation sites excluding steroid dienone is 1. The number of carbonyl (C=O) groups excluding carboxylic acids is 2. The van der Waals surface area contributed by atoms with Crippen molar-refractivity contribution in [2.75, 3.05) is 19.5 Å². The van der Waals surface area contributed by atoms with E-state index in [0.29, 0.717) is 23.4 Å². The molecule has 174 valence electrons. The Morgan fingerprint density at radius 2 is 1.82 bits per heavy atom. The van der Waals surface area contributed by atoms with Gasteiger partial charge in [0, 0.05) is 40.9 Å². The van der Waals surface area contributed by atoms with Crippen LogP contribution in [0.15, 0.2) is 57.4 Å². The lowest BCUT2D eigenvalue weighted by Gasteiger charge is -2.35. The molecule has 1 aliphatic heterocycles. The maximum Gasteiger partial charge on any atom is 0.336 e. The fraction of sp³-hybridized carbons (Fsp3) is 0.240. The molecule has 3 aromatic rings. The zero-order chi connectivity index (χ0) is 24.2. The van der Waals surface area contributed by atoms with Crippen LogP contribution in [0.5, 0.6) is 17.2 Å². The Morgan fingerprint density at radius 3 is 2.53 bits per heavy atom. The van der Waals surface area contributed by atoms with E-state index in [9.17, 15) is 14.4 Å². The van der Waals surface area contributed by atoms with Crippen LogP contribution in [0.3, 0.4) is 0 Å². The van der Waals surface area contributed by atoms with Crippen molar-refractivity contribution in [1.29, 1.82) is 0 Å². The first kappa shape index (κ1) is 22.0. The van der Waals surface area contributed by atoms with Gasteiger partial charge < -0.3 is 23.9 Å². The van der Waals surface area contributed by atoms with Crippen LogP contribution in [-0.4, -0.2) is 31.4 Å². The van der Waals surface area contributed by atoms with E-state index >= 15 is 0 Å². The third kappa shape index (κ3) is 3.17. The maximum atomic E-state index is 13.6. The molecule has 2 atom stereocenters. The van der Waals surface area contributed by atoms with E-state index in [1.165, 1.54) is 32.4 Å². The van der Waals surface area contributed by atoms with Gasteiger partial charge in [-0.3, -0.25) is 9.59 Å². The van der Waals surface area contributed by atoms with Gasteiger partial charge >= 0.3 is 5.63 Å². The normalized spacial score (nSPS) is 21.3. The van der Waals surface area contributed by atoms with E-state index in [0.717, 1.165) is 5.39 Å². The van der Waals surface area contributed by atoms with E-state index in [4.69, 9.17) is 30.2 Å². The van der Waals surface area contributed by atoms with Crippen molar-refractivity contribution in [3.05, 3.63) is 69.2 Å². The molecule has 2 heterocycles. The molecule has 0 bridgehead atoms. The number of anilines is 1.